The molecule has 0 saturated carbocycles. The van der Waals surface area contributed by atoms with Crippen molar-refractivity contribution in [3.8, 4) is 0 Å². The van der Waals surface area contributed by atoms with Crippen LogP contribution in [0.2, 0.25) is 0 Å². The molecule has 0 saturated heterocycles. The summed E-state index contributed by atoms with van der Waals surface area (Å²) in [6.07, 6.45) is 0.762. The van der Waals surface area contributed by atoms with E-state index in [1.54, 1.807) is 6.07 Å². The Hall–Kier alpha value is -1.20. The van der Waals surface area contributed by atoms with Gasteiger partial charge >= 0.3 is 5.97 Å². The van der Waals surface area contributed by atoms with Crippen LogP contribution in [0.15, 0.2) is 51.4 Å². The normalized spacial score (nSPS) is 12.1. The Morgan fingerprint density at radius 1 is 1.05 bits per heavy atom. The zero-order valence-electron chi connectivity index (χ0n) is 11.0. The summed E-state index contributed by atoms with van der Waals surface area (Å²) in [6.45, 7) is 0. The summed E-state index contributed by atoms with van der Waals surface area (Å²) < 4.78 is 14.6. The number of hydrogen-bond acceptors (Lipinski definition) is 1. The smallest absolute Gasteiger partial charge is 0.307 e. The molecule has 0 bridgehead atoms. The molecule has 110 valence electrons. The summed E-state index contributed by atoms with van der Waals surface area (Å²) >= 11 is 6.71. The van der Waals surface area contributed by atoms with Crippen molar-refractivity contribution in [2.75, 3.05) is 0 Å². The van der Waals surface area contributed by atoms with Gasteiger partial charge in [0.25, 0.3) is 0 Å². The van der Waals surface area contributed by atoms with Crippen molar-refractivity contribution in [2.24, 2.45) is 5.92 Å². The monoisotopic (exact) mass is 414 g/mol. The van der Waals surface area contributed by atoms with E-state index in [4.69, 9.17) is 0 Å². The number of benzene rings is 2. The Labute approximate surface area is 139 Å². The molecule has 0 aromatic heterocycles. The number of rotatable bonds is 5. The predicted octanol–water partition coefficient (Wildman–Crippen LogP) is 4.84. The second-order valence-corrected chi connectivity index (χ2v) is 6.48. The molecule has 0 aliphatic carbocycles. The van der Waals surface area contributed by atoms with E-state index in [9.17, 15) is 14.3 Å². The molecule has 5 heteroatoms. The van der Waals surface area contributed by atoms with Crippen molar-refractivity contribution in [3.63, 3.8) is 0 Å². The topological polar surface area (TPSA) is 37.3 Å². The van der Waals surface area contributed by atoms with E-state index in [0.29, 0.717) is 17.3 Å². The van der Waals surface area contributed by atoms with Crippen LogP contribution in [0.5, 0.6) is 0 Å². The average molecular weight is 416 g/mol. The number of carboxylic acids is 1. The van der Waals surface area contributed by atoms with Crippen molar-refractivity contribution >= 4 is 37.8 Å². The van der Waals surface area contributed by atoms with Crippen molar-refractivity contribution in [1.29, 1.82) is 0 Å². The van der Waals surface area contributed by atoms with E-state index >= 15 is 0 Å². The fourth-order valence-corrected chi connectivity index (χ4v) is 3.09. The highest BCUT2D eigenvalue weighted by Gasteiger charge is 2.20. The van der Waals surface area contributed by atoms with Crippen LogP contribution in [0.4, 0.5) is 4.39 Å². The van der Waals surface area contributed by atoms with Crippen LogP contribution in [-0.2, 0) is 17.6 Å². The van der Waals surface area contributed by atoms with E-state index in [0.717, 1.165) is 15.6 Å². The average Bonchev–Trinajstić information content (AvgIpc) is 2.42. The maximum Gasteiger partial charge on any atom is 0.307 e. The summed E-state index contributed by atoms with van der Waals surface area (Å²) in [7, 11) is 0. The lowest BCUT2D eigenvalue weighted by atomic mass is 9.92. The molecule has 0 aliphatic heterocycles. The lowest BCUT2D eigenvalue weighted by molar-refractivity contribution is -0.141. The van der Waals surface area contributed by atoms with Crippen LogP contribution in [0.3, 0.4) is 0 Å². The standard InChI is InChI=1S/C16H13Br2FO2/c17-14-4-2-1-3-10(14)7-12(16(20)21)8-11-5-6-13(19)9-15(11)18/h1-6,9,12H,7-8H2,(H,20,21). The summed E-state index contributed by atoms with van der Waals surface area (Å²) in [5.74, 6) is -1.77. The summed E-state index contributed by atoms with van der Waals surface area (Å²) in [5, 5.41) is 9.43. The molecule has 2 rings (SSSR count). The minimum atomic E-state index is -0.859. The van der Waals surface area contributed by atoms with Gasteiger partial charge in [0.2, 0.25) is 0 Å². The molecular formula is C16H13Br2FO2. The number of carboxylic acid groups (broad SMARTS) is 1. The lowest BCUT2D eigenvalue weighted by Crippen LogP contribution is -2.19. The molecule has 2 aromatic rings. The van der Waals surface area contributed by atoms with Crippen LogP contribution < -0.4 is 0 Å². The molecule has 0 heterocycles. The van der Waals surface area contributed by atoms with Crippen molar-refractivity contribution < 1.29 is 14.3 Å². The van der Waals surface area contributed by atoms with E-state index in [1.165, 1.54) is 12.1 Å². The van der Waals surface area contributed by atoms with Crippen molar-refractivity contribution in [3.05, 3.63) is 68.4 Å². The van der Waals surface area contributed by atoms with Gasteiger partial charge in [-0.15, -0.1) is 0 Å². The van der Waals surface area contributed by atoms with E-state index in [1.807, 2.05) is 24.3 Å². The SMILES string of the molecule is O=C(O)C(Cc1ccccc1Br)Cc1ccc(F)cc1Br. The second-order valence-electron chi connectivity index (χ2n) is 4.77. The van der Waals surface area contributed by atoms with Gasteiger partial charge < -0.3 is 5.11 Å². The third-order valence-electron chi connectivity index (χ3n) is 3.25. The van der Waals surface area contributed by atoms with Crippen molar-refractivity contribution in [1.82, 2.24) is 0 Å². The first-order chi connectivity index (χ1) is 9.97. The minimum absolute atomic E-state index is 0.344. The largest absolute Gasteiger partial charge is 0.481 e. The summed E-state index contributed by atoms with van der Waals surface area (Å²) in [5.41, 5.74) is 1.74. The molecule has 1 atom stereocenters. The Morgan fingerprint density at radius 2 is 1.67 bits per heavy atom. The van der Waals surface area contributed by atoms with Crippen LogP contribution in [0.25, 0.3) is 0 Å². The van der Waals surface area contributed by atoms with E-state index in [2.05, 4.69) is 31.9 Å². The highest BCUT2D eigenvalue weighted by Crippen LogP contribution is 2.25. The van der Waals surface area contributed by atoms with E-state index < -0.39 is 11.9 Å². The molecule has 0 spiro atoms. The molecule has 21 heavy (non-hydrogen) atoms. The Kier molecular flexibility index (Phi) is 5.53. The fraction of sp³-hybridized carbons (Fsp3) is 0.188. The first kappa shape index (κ1) is 16.2. The summed E-state index contributed by atoms with van der Waals surface area (Å²) in [4.78, 5) is 11.5. The maximum absolute atomic E-state index is 13.1. The Bertz CT molecular complexity index is 658. The first-order valence-corrected chi connectivity index (χ1v) is 7.96. The van der Waals surface area contributed by atoms with Gasteiger partial charge in [-0.05, 0) is 42.2 Å². The molecule has 0 amide bonds. The zero-order valence-corrected chi connectivity index (χ0v) is 14.2. The first-order valence-electron chi connectivity index (χ1n) is 6.37. The van der Waals surface area contributed by atoms with E-state index in [-0.39, 0.29) is 5.82 Å². The van der Waals surface area contributed by atoms with Crippen LogP contribution >= 0.6 is 31.9 Å². The van der Waals surface area contributed by atoms with Gasteiger partial charge in [0, 0.05) is 8.95 Å². The number of halogens is 3. The molecule has 1 N–H and O–H groups in total. The van der Waals surface area contributed by atoms with Gasteiger partial charge in [-0.2, -0.15) is 0 Å². The lowest BCUT2D eigenvalue weighted by Gasteiger charge is -2.14. The minimum Gasteiger partial charge on any atom is -0.481 e. The molecular weight excluding hydrogens is 403 g/mol. The predicted molar refractivity (Wildman–Crippen MR) is 86.8 cm³/mol. The van der Waals surface area contributed by atoms with Gasteiger partial charge in [-0.25, -0.2) is 4.39 Å². The Morgan fingerprint density at radius 3 is 2.24 bits per heavy atom. The highest BCUT2D eigenvalue weighted by atomic mass is 79.9. The van der Waals surface area contributed by atoms with Crippen LogP contribution in [-0.4, -0.2) is 11.1 Å². The van der Waals surface area contributed by atoms with Crippen molar-refractivity contribution in [2.45, 2.75) is 12.8 Å². The third kappa shape index (κ3) is 4.38. The molecule has 0 radical (unpaired) electrons. The molecule has 2 nitrogen and oxygen atoms in total. The molecule has 1 unspecified atom stereocenters. The number of carbonyl (C=O) groups is 1. The van der Waals surface area contributed by atoms with Gasteiger partial charge in [0.1, 0.15) is 5.82 Å². The molecule has 2 aromatic carbocycles. The summed E-state index contributed by atoms with van der Waals surface area (Å²) in [6, 6.07) is 11.9. The molecule has 0 aliphatic rings. The maximum atomic E-state index is 13.1. The van der Waals surface area contributed by atoms with Crippen LogP contribution in [0.1, 0.15) is 11.1 Å². The number of aliphatic carboxylic acids is 1. The fourth-order valence-electron chi connectivity index (χ4n) is 2.13. The highest BCUT2D eigenvalue weighted by molar-refractivity contribution is 9.10. The molecule has 0 fully saturated rings. The second kappa shape index (κ2) is 7.18. The van der Waals surface area contributed by atoms with Gasteiger partial charge in [-0.3, -0.25) is 4.79 Å². The van der Waals surface area contributed by atoms with Crippen LogP contribution in [0, 0.1) is 11.7 Å². The third-order valence-corrected chi connectivity index (χ3v) is 4.77. The zero-order chi connectivity index (χ0) is 15.4. The Balaban J connectivity index is 2.20. The van der Waals surface area contributed by atoms with Gasteiger partial charge in [0.05, 0.1) is 5.92 Å². The van der Waals surface area contributed by atoms with Gasteiger partial charge in [0.15, 0.2) is 0 Å². The quantitative estimate of drug-likeness (QED) is 0.758. The van der Waals surface area contributed by atoms with Gasteiger partial charge in [-0.1, -0.05) is 56.1 Å². The number of hydrogen-bond donors (Lipinski definition) is 1.